The van der Waals surface area contributed by atoms with Gasteiger partial charge in [0.15, 0.2) is 5.49 Å². The second-order valence-electron chi connectivity index (χ2n) is 2.30. The van der Waals surface area contributed by atoms with Crippen LogP contribution in [-0.4, -0.2) is 28.2 Å². The minimum absolute atomic E-state index is 0.0181. The fourth-order valence-electron chi connectivity index (χ4n) is 0.794. The van der Waals surface area contributed by atoms with Gasteiger partial charge in [-0.15, -0.1) is 0 Å². The van der Waals surface area contributed by atoms with Gasteiger partial charge in [0, 0.05) is 6.54 Å². The number of hydrogen-bond acceptors (Lipinski definition) is 4. The molecule has 0 aliphatic rings. The minimum Gasteiger partial charge on any atom is -0.427 e. The molecule has 0 saturated heterocycles. The van der Waals surface area contributed by atoms with Crippen LogP contribution in [0.4, 0.5) is 5.69 Å². The summed E-state index contributed by atoms with van der Waals surface area (Å²) < 4.78 is 0.708. The van der Waals surface area contributed by atoms with E-state index in [1.165, 1.54) is 12.3 Å². The van der Waals surface area contributed by atoms with Crippen molar-refractivity contribution in [1.82, 2.24) is 4.73 Å². The van der Waals surface area contributed by atoms with Gasteiger partial charge in [0.05, 0.1) is 18.5 Å². The Morgan fingerprint density at radius 1 is 1.50 bits per heavy atom. The lowest BCUT2D eigenvalue weighted by molar-refractivity contribution is 0.171. The van der Waals surface area contributed by atoms with E-state index in [4.69, 9.17) is 15.7 Å². The van der Waals surface area contributed by atoms with Gasteiger partial charge in [-0.05, 0) is 12.1 Å². The van der Waals surface area contributed by atoms with E-state index < -0.39 is 0 Å². The molecule has 0 radical (unpaired) electrons. The number of nitrogens with one attached hydrogen (secondary N) is 2. The average Bonchev–Trinajstić information content (AvgIpc) is 2.07. The van der Waals surface area contributed by atoms with Crippen molar-refractivity contribution in [2.24, 2.45) is 0 Å². The Bertz CT molecular complexity index is 308. The van der Waals surface area contributed by atoms with Gasteiger partial charge in [-0.1, -0.05) is 0 Å². The Labute approximate surface area is 69.4 Å². The number of hydrogen-bond donors (Lipinski definition) is 4. The van der Waals surface area contributed by atoms with E-state index in [9.17, 15) is 0 Å². The molecule has 0 aromatic carbocycles. The molecule has 66 valence electrons. The number of nitrogens with zero attached hydrogens (tertiary/aromatic N) is 1. The van der Waals surface area contributed by atoms with E-state index >= 15 is 0 Å². The maximum atomic E-state index is 9.03. The molecule has 0 aliphatic carbocycles. The van der Waals surface area contributed by atoms with Crippen molar-refractivity contribution < 1.29 is 10.3 Å². The SMILES string of the molecule is N=c1ccc(NCCO)cn1O. The Balaban J connectivity index is 2.75. The van der Waals surface area contributed by atoms with E-state index in [1.54, 1.807) is 6.07 Å². The van der Waals surface area contributed by atoms with Crippen LogP contribution in [0.25, 0.3) is 0 Å². The van der Waals surface area contributed by atoms with Gasteiger partial charge in [-0.3, -0.25) is 5.41 Å². The summed E-state index contributed by atoms with van der Waals surface area (Å²) in [6, 6.07) is 3.12. The van der Waals surface area contributed by atoms with Crippen molar-refractivity contribution in [2.75, 3.05) is 18.5 Å². The van der Waals surface area contributed by atoms with Crippen LogP contribution in [0.1, 0.15) is 0 Å². The molecule has 1 rings (SSSR count). The van der Waals surface area contributed by atoms with Crippen molar-refractivity contribution >= 4 is 5.69 Å². The summed E-state index contributed by atoms with van der Waals surface area (Å²) >= 11 is 0. The molecular formula is C7H11N3O2. The largest absolute Gasteiger partial charge is 0.427 e. The van der Waals surface area contributed by atoms with Crippen LogP contribution in [0.15, 0.2) is 18.3 Å². The number of anilines is 1. The molecule has 1 heterocycles. The second kappa shape index (κ2) is 3.77. The average molecular weight is 169 g/mol. The third-order valence-corrected chi connectivity index (χ3v) is 1.37. The van der Waals surface area contributed by atoms with Crippen LogP contribution < -0.4 is 10.8 Å². The highest BCUT2D eigenvalue weighted by atomic mass is 16.5. The second-order valence-corrected chi connectivity index (χ2v) is 2.30. The first-order valence-corrected chi connectivity index (χ1v) is 3.55. The Morgan fingerprint density at radius 3 is 2.83 bits per heavy atom. The quantitative estimate of drug-likeness (QED) is 0.465. The van der Waals surface area contributed by atoms with E-state index in [1.807, 2.05) is 0 Å². The van der Waals surface area contributed by atoms with Crippen LogP contribution in [0.2, 0.25) is 0 Å². The Kier molecular flexibility index (Phi) is 2.71. The summed E-state index contributed by atoms with van der Waals surface area (Å²) in [5.74, 6) is 0. The fraction of sp³-hybridized carbons (Fsp3) is 0.286. The zero-order chi connectivity index (χ0) is 8.97. The molecule has 0 saturated carbocycles. The third kappa shape index (κ3) is 2.00. The topological polar surface area (TPSA) is 81.3 Å². The lowest BCUT2D eigenvalue weighted by atomic mass is 10.4. The number of aliphatic hydroxyl groups excluding tert-OH is 1. The summed E-state index contributed by atoms with van der Waals surface area (Å²) in [5, 5.41) is 27.5. The number of aliphatic hydroxyl groups is 1. The van der Waals surface area contributed by atoms with Gasteiger partial charge in [0.25, 0.3) is 0 Å². The molecule has 12 heavy (non-hydrogen) atoms. The summed E-state index contributed by atoms with van der Waals surface area (Å²) in [6.07, 6.45) is 1.37. The van der Waals surface area contributed by atoms with Crippen LogP contribution in [0.5, 0.6) is 0 Å². The monoisotopic (exact) mass is 169 g/mol. The van der Waals surface area contributed by atoms with E-state index in [0.29, 0.717) is 17.0 Å². The summed E-state index contributed by atoms with van der Waals surface area (Å²) in [4.78, 5) is 0. The smallest absolute Gasteiger partial charge is 0.160 e. The standard InChI is InChI=1S/C7H11N3O2/c8-7-2-1-6(5-10(7)12)9-3-4-11/h1-2,5,8-9,11-12H,3-4H2. The molecule has 5 nitrogen and oxygen atoms in total. The maximum Gasteiger partial charge on any atom is 0.160 e. The molecule has 0 amide bonds. The number of pyridine rings is 1. The van der Waals surface area contributed by atoms with E-state index in [2.05, 4.69) is 5.32 Å². The number of rotatable bonds is 3. The molecule has 0 aliphatic heterocycles. The molecule has 0 fully saturated rings. The van der Waals surface area contributed by atoms with Crippen molar-refractivity contribution in [3.8, 4) is 0 Å². The molecule has 5 heteroatoms. The van der Waals surface area contributed by atoms with Gasteiger partial charge >= 0.3 is 0 Å². The third-order valence-electron chi connectivity index (χ3n) is 1.37. The van der Waals surface area contributed by atoms with E-state index in [0.717, 1.165) is 0 Å². The van der Waals surface area contributed by atoms with Crippen LogP contribution in [0.3, 0.4) is 0 Å². The first kappa shape index (κ1) is 8.61. The first-order chi connectivity index (χ1) is 5.74. The van der Waals surface area contributed by atoms with Crippen molar-refractivity contribution in [3.05, 3.63) is 23.8 Å². The predicted octanol–water partition coefficient (Wildman–Crippen LogP) is -0.391. The van der Waals surface area contributed by atoms with Gasteiger partial charge in [0.1, 0.15) is 0 Å². The fourth-order valence-corrected chi connectivity index (χ4v) is 0.794. The molecule has 0 unspecified atom stereocenters. The van der Waals surface area contributed by atoms with E-state index in [-0.39, 0.29) is 12.1 Å². The summed E-state index contributed by atoms with van der Waals surface area (Å²) in [6.45, 7) is 0.464. The summed E-state index contributed by atoms with van der Waals surface area (Å²) in [7, 11) is 0. The molecule has 0 bridgehead atoms. The van der Waals surface area contributed by atoms with Crippen molar-refractivity contribution in [3.63, 3.8) is 0 Å². The normalized spacial score (nSPS) is 9.75. The zero-order valence-corrected chi connectivity index (χ0v) is 6.49. The van der Waals surface area contributed by atoms with Gasteiger partial charge in [-0.25, -0.2) is 0 Å². The lowest BCUT2D eigenvalue weighted by Gasteiger charge is -2.04. The highest BCUT2D eigenvalue weighted by Crippen LogP contribution is 2.00. The predicted molar refractivity (Wildman–Crippen MR) is 43.0 cm³/mol. The zero-order valence-electron chi connectivity index (χ0n) is 6.49. The first-order valence-electron chi connectivity index (χ1n) is 3.55. The molecule has 1 aromatic heterocycles. The minimum atomic E-state index is 0.0181. The van der Waals surface area contributed by atoms with Crippen molar-refractivity contribution in [1.29, 1.82) is 5.41 Å². The highest BCUT2D eigenvalue weighted by Gasteiger charge is 1.92. The Hall–Kier alpha value is -1.49. The Morgan fingerprint density at radius 2 is 2.25 bits per heavy atom. The molecular weight excluding hydrogens is 158 g/mol. The van der Waals surface area contributed by atoms with Gasteiger partial charge in [-0.2, -0.15) is 4.73 Å². The van der Waals surface area contributed by atoms with Gasteiger partial charge in [0.2, 0.25) is 0 Å². The van der Waals surface area contributed by atoms with Crippen LogP contribution in [-0.2, 0) is 0 Å². The number of aromatic nitrogens is 1. The molecule has 0 atom stereocenters. The molecule has 0 spiro atoms. The molecule has 1 aromatic rings. The van der Waals surface area contributed by atoms with Crippen LogP contribution in [0, 0.1) is 5.41 Å². The van der Waals surface area contributed by atoms with Crippen LogP contribution >= 0.6 is 0 Å². The van der Waals surface area contributed by atoms with Gasteiger partial charge < -0.3 is 15.6 Å². The summed E-state index contributed by atoms with van der Waals surface area (Å²) in [5.41, 5.74) is 0.687. The van der Waals surface area contributed by atoms with Crippen molar-refractivity contribution in [2.45, 2.75) is 0 Å². The lowest BCUT2D eigenvalue weighted by Crippen LogP contribution is -2.17. The highest BCUT2D eigenvalue weighted by molar-refractivity contribution is 5.39. The molecule has 4 N–H and O–H groups in total. The maximum absolute atomic E-state index is 9.03.